The number of rotatable bonds is 4. The molecule has 0 spiro atoms. The Morgan fingerprint density at radius 2 is 2.00 bits per heavy atom. The number of benzene rings is 1. The number of carbonyl (C=O) groups is 1. The minimum absolute atomic E-state index is 0.0530. The number of methoxy groups -OCH3 is 1. The first kappa shape index (κ1) is 16.8. The molecule has 0 saturated carbocycles. The Kier molecular flexibility index (Phi) is 4.57. The van der Waals surface area contributed by atoms with Crippen molar-refractivity contribution in [2.24, 2.45) is 0 Å². The average Bonchev–Trinajstić information content (AvgIpc) is 2.84. The van der Waals surface area contributed by atoms with Gasteiger partial charge >= 0.3 is 6.18 Å². The van der Waals surface area contributed by atoms with Crippen molar-refractivity contribution in [1.82, 2.24) is 10.3 Å². The maximum Gasteiger partial charge on any atom is 0.420 e. The molecule has 0 saturated heterocycles. The first-order valence-corrected chi connectivity index (χ1v) is 6.56. The summed E-state index contributed by atoms with van der Waals surface area (Å²) in [5.74, 6) is -0.824. The Bertz CT molecular complexity index is 726. The number of alkyl halides is 3. The molecule has 23 heavy (non-hydrogen) atoms. The van der Waals surface area contributed by atoms with Gasteiger partial charge in [0, 0.05) is 5.69 Å². The van der Waals surface area contributed by atoms with E-state index in [0.29, 0.717) is 17.0 Å². The molecule has 6 nitrogen and oxygen atoms in total. The van der Waals surface area contributed by atoms with E-state index in [9.17, 15) is 18.0 Å². The molecule has 1 heterocycles. The van der Waals surface area contributed by atoms with Crippen LogP contribution in [-0.4, -0.2) is 23.3 Å². The topological polar surface area (TPSA) is 77.2 Å². The zero-order valence-corrected chi connectivity index (χ0v) is 12.6. The standard InChI is InChI=1S/C14H14F3N3O3/c1-7-4-12(22-3)9(14(15,16)17)5-10(7)18-13(21)6-11-8(2)19-23-20-11/h4-5H,6H2,1-3H3,(H,18,21). The summed E-state index contributed by atoms with van der Waals surface area (Å²) in [6.45, 7) is 3.18. The van der Waals surface area contributed by atoms with Gasteiger partial charge in [0.2, 0.25) is 5.91 Å². The zero-order chi connectivity index (χ0) is 17.2. The number of ether oxygens (including phenoxy) is 1. The van der Waals surface area contributed by atoms with E-state index in [2.05, 4.69) is 20.3 Å². The SMILES string of the molecule is COc1cc(C)c(NC(=O)Cc2nonc2C)cc1C(F)(F)F. The van der Waals surface area contributed by atoms with E-state index in [-0.39, 0.29) is 17.9 Å². The Labute approximate surface area is 129 Å². The highest BCUT2D eigenvalue weighted by molar-refractivity contribution is 5.93. The fraction of sp³-hybridized carbons (Fsp3) is 0.357. The van der Waals surface area contributed by atoms with Crippen molar-refractivity contribution in [3.63, 3.8) is 0 Å². The third-order valence-corrected chi connectivity index (χ3v) is 3.20. The van der Waals surface area contributed by atoms with Crippen molar-refractivity contribution in [3.05, 3.63) is 34.6 Å². The van der Waals surface area contributed by atoms with Crippen molar-refractivity contribution >= 4 is 11.6 Å². The number of amides is 1. The number of nitrogens with one attached hydrogen (secondary N) is 1. The van der Waals surface area contributed by atoms with Crippen LogP contribution in [0.1, 0.15) is 22.5 Å². The molecule has 0 radical (unpaired) electrons. The molecule has 0 aliphatic rings. The third kappa shape index (κ3) is 3.79. The van der Waals surface area contributed by atoms with E-state index in [1.807, 2.05) is 0 Å². The Hall–Kier alpha value is -2.58. The van der Waals surface area contributed by atoms with Crippen molar-refractivity contribution in [3.8, 4) is 5.75 Å². The van der Waals surface area contributed by atoms with Crippen molar-refractivity contribution < 1.29 is 27.3 Å². The van der Waals surface area contributed by atoms with Crippen molar-refractivity contribution in [2.45, 2.75) is 26.4 Å². The summed E-state index contributed by atoms with van der Waals surface area (Å²) in [6, 6.07) is 2.07. The van der Waals surface area contributed by atoms with Gasteiger partial charge in [0.1, 0.15) is 17.1 Å². The second-order valence-electron chi connectivity index (χ2n) is 4.89. The fourth-order valence-corrected chi connectivity index (χ4v) is 1.96. The average molecular weight is 329 g/mol. The van der Waals surface area contributed by atoms with Crippen LogP contribution in [0.4, 0.5) is 18.9 Å². The van der Waals surface area contributed by atoms with Gasteiger partial charge in [-0.1, -0.05) is 10.3 Å². The van der Waals surface area contributed by atoms with Gasteiger partial charge in [-0.3, -0.25) is 4.79 Å². The van der Waals surface area contributed by atoms with Crippen LogP contribution in [0.25, 0.3) is 0 Å². The van der Waals surface area contributed by atoms with Crippen LogP contribution >= 0.6 is 0 Å². The maximum absolute atomic E-state index is 13.0. The van der Waals surface area contributed by atoms with Crippen LogP contribution < -0.4 is 10.1 Å². The number of hydrogen-bond donors (Lipinski definition) is 1. The molecule has 2 rings (SSSR count). The predicted octanol–water partition coefficient (Wildman–Crippen LogP) is 2.90. The van der Waals surface area contributed by atoms with Gasteiger partial charge < -0.3 is 10.1 Å². The Balaban J connectivity index is 2.26. The molecule has 124 valence electrons. The lowest BCUT2D eigenvalue weighted by Crippen LogP contribution is -2.17. The summed E-state index contributed by atoms with van der Waals surface area (Å²) >= 11 is 0. The smallest absolute Gasteiger partial charge is 0.420 e. The largest absolute Gasteiger partial charge is 0.496 e. The predicted molar refractivity (Wildman–Crippen MR) is 74.1 cm³/mol. The minimum Gasteiger partial charge on any atom is -0.496 e. The first-order chi connectivity index (χ1) is 10.7. The van der Waals surface area contributed by atoms with E-state index in [1.165, 1.54) is 6.07 Å². The molecular weight excluding hydrogens is 315 g/mol. The second-order valence-corrected chi connectivity index (χ2v) is 4.89. The quantitative estimate of drug-likeness (QED) is 0.933. The summed E-state index contributed by atoms with van der Waals surface area (Å²) in [5, 5.41) is 9.52. The molecule has 0 bridgehead atoms. The molecule has 1 N–H and O–H groups in total. The molecule has 1 aromatic heterocycles. The van der Waals surface area contributed by atoms with E-state index >= 15 is 0 Å². The monoisotopic (exact) mass is 329 g/mol. The summed E-state index contributed by atoms with van der Waals surface area (Å²) < 4.78 is 48.3. The highest BCUT2D eigenvalue weighted by Crippen LogP contribution is 2.39. The zero-order valence-electron chi connectivity index (χ0n) is 12.6. The number of anilines is 1. The number of halogens is 3. The fourth-order valence-electron chi connectivity index (χ4n) is 1.96. The van der Waals surface area contributed by atoms with Crippen LogP contribution in [0.5, 0.6) is 5.75 Å². The molecule has 9 heteroatoms. The van der Waals surface area contributed by atoms with Gasteiger partial charge in [0.05, 0.1) is 19.1 Å². The van der Waals surface area contributed by atoms with E-state index in [0.717, 1.165) is 13.2 Å². The molecular formula is C14H14F3N3O3. The van der Waals surface area contributed by atoms with Crippen LogP contribution in [0.3, 0.4) is 0 Å². The highest BCUT2D eigenvalue weighted by atomic mass is 19.4. The van der Waals surface area contributed by atoms with Crippen molar-refractivity contribution in [1.29, 1.82) is 0 Å². The van der Waals surface area contributed by atoms with Crippen molar-refractivity contribution in [2.75, 3.05) is 12.4 Å². The van der Waals surface area contributed by atoms with Gasteiger partial charge in [-0.2, -0.15) is 13.2 Å². The molecule has 2 aromatic rings. The summed E-state index contributed by atoms with van der Waals surface area (Å²) in [6.07, 6.45) is -4.74. The van der Waals surface area contributed by atoms with Gasteiger partial charge in [-0.05, 0) is 31.5 Å². The molecule has 0 aliphatic carbocycles. The van der Waals surface area contributed by atoms with Crippen LogP contribution in [-0.2, 0) is 17.4 Å². The summed E-state index contributed by atoms with van der Waals surface area (Å²) in [7, 11) is 1.16. The second kappa shape index (κ2) is 6.27. The van der Waals surface area contributed by atoms with Crippen LogP contribution in [0, 0.1) is 13.8 Å². The number of aromatic nitrogens is 2. The lowest BCUT2D eigenvalue weighted by molar-refractivity contribution is -0.138. The van der Waals surface area contributed by atoms with Gasteiger partial charge in [0.15, 0.2) is 0 Å². The van der Waals surface area contributed by atoms with Crippen LogP contribution in [0.15, 0.2) is 16.8 Å². The lowest BCUT2D eigenvalue weighted by atomic mass is 10.1. The molecule has 0 fully saturated rings. The van der Waals surface area contributed by atoms with Crippen LogP contribution in [0.2, 0.25) is 0 Å². The third-order valence-electron chi connectivity index (χ3n) is 3.20. The molecule has 0 atom stereocenters. The molecule has 0 aliphatic heterocycles. The van der Waals surface area contributed by atoms with Gasteiger partial charge in [-0.15, -0.1) is 0 Å². The first-order valence-electron chi connectivity index (χ1n) is 6.56. The van der Waals surface area contributed by atoms with E-state index in [4.69, 9.17) is 4.74 Å². The molecule has 1 amide bonds. The number of nitrogens with zero attached hydrogens (tertiary/aromatic N) is 2. The Morgan fingerprint density at radius 3 is 2.52 bits per heavy atom. The van der Waals surface area contributed by atoms with E-state index < -0.39 is 17.6 Å². The molecule has 0 unspecified atom stereocenters. The van der Waals surface area contributed by atoms with Gasteiger partial charge in [0.25, 0.3) is 0 Å². The molecule has 1 aromatic carbocycles. The lowest BCUT2D eigenvalue weighted by Gasteiger charge is -2.16. The number of hydrogen-bond acceptors (Lipinski definition) is 5. The number of aryl methyl sites for hydroxylation is 2. The maximum atomic E-state index is 13.0. The highest BCUT2D eigenvalue weighted by Gasteiger charge is 2.35. The Morgan fingerprint density at radius 1 is 1.30 bits per heavy atom. The van der Waals surface area contributed by atoms with E-state index in [1.54, 1.807) is 13.8 Å². The minimum atomic E-state index is -4.59. The summed E-state index contributed by atoms with van der Waals surface area (Å²) in [5.41, 5.74) is 0.308. The van der Waals surface area contributed by atoms with Gasteiger partial charge in [-0.25, -0.2) is 4.63 Å². The summed E-state index contributed by atoms with van der Waals surface area (Å²) in [4.78, 5) is 12.0. The normalized spacial score (nSPS) is 11.4. The number of carbonyl (C=O) groups excluding carboxylic acids is 1.